The van der Waals surface area contributed by atoms with Gasteiger partial charge in [-0.05, 0) is 61.4 Å². The summed E-state index contributed by atoms with van der Waals surface area (Å²) in [4.78, 5) is 28.1. The molecule has 3 aromatic rings. The van der Waals surface area contributed by atoms with Crippen molar-refractivity contribution >= 4 is 35.0 Å². The van der Waals surface area contributed by atoms with Gasteiger partial charge >= 0.3 is 0 Å². The predicted molar refractivity (Wildman–Crippen MR) is 119 cm³/mol. The summed E-state index contributed by atoms with van der Waals surface area (Å²) >= 11 is 1.39. The van der Waals surface area contributed by atoms with Crippen molar-refractivity contribution in [1.29, 1.82) is 0 Å². The van der Waals surface area contributed by atoms with Gasteiger partial charge in [-0.3, -0.25) is 9.59 Å². The lowest BCUT2D eigenvalue weighted by molar-refractivity contribution is -0.116. The molecule has 3 aromatic carbocycles. The summed E-state index contributed by atoms with van der Waals surface area (Å²) in [7, 11) is 0. The predicted octanol–water partition coefficient (Wildman–Crippen LogP) is 5.15. The molecule has 0 bridgehead atoms. The Labute approximate surface area is 179 Å². The van der Waals surface area contributed by atoms with Crippen LogP contribution in [0.15, 0.2) is 77.7 Å². The fraction of sp³-hybridized carbons (Fsp3) is 0.167. The molecule has 4 nitrogen and oxygen atoms in total. The van der Waals surface area contributed by atoms with Crippen molar-refractivity contribution in [2.45, 2.75) is 24.3 Å². The van der Waals surface area contributed by atoms with Crippen molar-refractivity contribution in [2.75, 3.05) is 16.0 Å². The van der Waals surface area contributed by atoms with Crippen LogP contribution in [-0.2, 0) is 11.2 Å². The summed E-state index contributed by atoms with van der Waals surface area (Å²) in [6, 6.07) is 20.9. The molecule has 6 heteroatoms. The summed E-state index contributed by atoms with van der Waals surface area (Å²) in [5.74, 6) is -0.408. The van der Waals surface area contributed by atoms with Gasteiger partial charge in [0.15, 0.2) is 0 Å². The zero-order valence-corrected chi connectivity index (χ0v) is 17.3. The van der Waals surface area contributed by atoms with Crippen molar-refractivity contribution in [3.05, 3.63) is 89.7 Å². The largest absolute Gasteiger partial charge is 0.321 e. The fourth-order valence-corrected chi connectivity index (χ4v) is 4.51. The van der Waals surface area contributed by atoms with Crippen LogP contribution < -0.4 is 10.2 Å². The topological polar surface area (TPSA) is 49.4 Å². The van der Waals surface area contributed by atoms with Crippen molar-refractivity contribution in [3.8, 4) is 0 Å². The summed E-state index contributed by atoms with van der Waals surface area (Å²) < 4.78 is 13.1. The van der Waals surface area contributed by atoms with Gasteiger partial charge in [0.1, 0.15) is 5.82 Å². The Morgan fingerprint density at radius 2 is 1.73 bits per heavy atom. The van der Waals surface area contributed by atoms with Crippen LogP contribution in [0.5, 0.6) is 0 Å². The quantitative estimate of drug-likeness (QED) is 0.581. The number of hydrogen-bond donors (Lipinski definition) is 1. The molecule has 0 spiro atoms. The number of para-hydroxylation sites is 2. The molecule has 1 N–H and O–H groups in total. The number of thioether (sulfide) groups is 1. The third kappa shape index (κ3) is 4.24. The van der Waals surface area contributed by atoms with Crippen LogP contribution in [0.2, 0.25) is 0 Å². The lowest BCUT2D eigenvalue weighted by atomic mass is 10.1. The van der Waals surface area contributed by atoms with Crippen molar-refractivity contribution in [2.24, 2.45) is 0 Å². The lowest BCUT2D eigenvalue weighted by Crippen LogP contribution is -2.36. The second-order valence-electron chi connectivity index (χ2n) is 7.19. The van der Waals surface area contributed by atoms with Gasteiger partial charge in [-0.25, -0.2) is 4.39 Å². The zero-order valence-electron chi connectivity index (χ0n) is 16.5. The number of anilines is 2. The van der Waals surface area contributed by atoms with E-state index in [1.165, 1.54) is 41.6 Å². The number of nitrogens with one attached hydrogen (secondary N) is 1. The molecule has 1 heterocycles. The van der Waals surface area contributed by atoms with Crippen LogP contribution in [-0.4, -0.2) is 23.6 Å². The first-order valence-corrected chi connectivity index (χ1v) is 10.7. The summed E-state index contributed by atoms with van der Waals surface area (Å²) in [6.07, 6.45) is 0.858. The van der Waals surface area contributed by atoms with Crippen LogP contribution in [0.1, 0.15) is 22.8 Å². The molecule has 1 aliphatic rings. The van der Waals surface area contributed by atoms with Gasteiger partial charge in [-0.1, -0.05) is 30.3 Å². The van der Waals surface area contributed by atoms with E-state index in [1.54, 1.807) is 6.07 Å². The van der Waals surface area contributed by atoms with Gasteiger partial charge < -0.3 is 10.2 Å². The Bertz CT molecular complexity index is 1080. The number of rotatable bonds is 5. The average molecular weight is 421 g/mol. The highest BCUT2D eigenvalue weighted by Gasteiger charge is 2.30. The number of amides is 2. The third-order valence-electron chi connectivity index (χ3n) is 5.07. The molecule has 4 rings (SSSR count). The number of halogens is 1. The molecule has 1 unspecified atom stereocenters. The minimum absolute atomic E-state index is 0.0390. The van der Waals surface area contributed by atoms with Crippen molar-refractivity contribution in [1.82, 2.24) is 0 Å². The Hall–Kier alpha value is -3.12. The smallest absolute Gasteiger partial charge is 0.255 e. The molecule has 30 heavy (non-hydrogen) atoms. The molecule has 1 aliphatic heterocycles. The number of benzene rings is 3. The minimum atomic E-state index is -0.390. The Balaban J connectivity index is 1.45. The van der Waals surface area contributed by atoms with Crippen LogP contribution in [0.3, 0.4) is 0 Å². The zero-order chi connectivity index (χ0) is 21.1. The normalized spacial score (nSPS) is 15.0. The molecular formula is C24H21FN2O2S. The molecule has 2 amide bonds. The number of fused-ring (bicyclic) bond motifs is 1. The van der Waals surface area contributed by atoms with E-state index in [1.807, 2.05) is 41.3 Å². The summed E-state index contributed by atoms with van der Waals surface area (Å²) in [5.41, 5.74) is 3.16. The maximum absolute atomic E-state index is 13.1. The maximum Gasteiger partial charge on any atom is 0.255 e. The summed E-state index contributed by atoms with van der Waals surface area (Å²) in [5, 5.41) is 2.86. The number of hydrogen-bond acceptors (Lipinski definition) is 3. The van der Waals surface area contributed by atoms with E-state index in [0.717, 1.165) is 17.0 Å². The SMILES string of the molecule is CC1Cc2ccccc2N1C(=O)CSc1ccccc1NC(=O)c1ccc(F)cc1. The van der Waals surface area contributed by atoms with Crippen molar-refractivity contribution in [3.63, 3.8) is 0 Å². The van der Waals surface area contributed by atoms with E-state index in [9.17, 15) is 14.0 Å². The first kappa shape index (κ1) is 20.2. The highest BCUT2D eigenvalue weighted by molar-refractivity contribution is 8.00. The molecule has 0 saturated carbocycles. The number of carbonyl (C=O) groups is 2. The van der Waals surface area contributed by atoms with Gasteiger partial charge in [0.2, 0.25) is 5.91 Å². The first-order chi connectivity index (χ1) is 14.5. The van der Waals surface area contributed by atoms with Gasteiger partial charge in [-0.2, -0.15) is 0 Å². The van der Waals surface area contributed by atoms with Crippen LogP contribution in [0.25, 0.3) is 0 Å². The Kier molecular flexibility index (Phi) is 5.86. The number of carbonyl (C=O) groups excluding carboxylic acids is 2. The second-order valence-corrected chi connectivity index (χ2v) is 8.21. The maximum atomic E-state index is 13.1. The van der Waals surface area contributed by atoms with Gasteiger partial charge in [0.05, 0.1) is 11.4 Å². The van der Waals surface area contributed by atoms with E-state index in [-0.39, 0.29) is 23.6 Å². The highest BCUT2D eigenvalue weighted by Crippen LogP contribution is 2.34. The molecule has 0 fully saturated rings. The molecule has 0 saturated heterocycles. The minimum Gasteiger partial charge on any atom is -0.321 e. The molecule has 1 atom stereocenters. The van der Waals surface area contributed by atoms with Gasteiger partial charge in [0.25, 0.3) is 5.91 Å². The highest BCUT2D eigenvalue weighted by atomic mass is 32.2. The van der Waals surface area contributed by atoms with Gasteiger partial charge in [-0.15, -0.1) is 11.8 Å². The molecule has 152 valence electrons. The monoisotopic (exact) mass is 420 g/mol. The average Bonchev–Trinajstić information content (AvgIpc) is 3.09. The van der Waals surface area contributed by atoms with E-state index in [4.69, 9.17) is 0 Å². The molecule has 0 aromatic heterocycles. The van der Waals surface area contributed by atoms with E-state index >= 15 is 0 Å². The second kappa shape index (κ2) is 8.71. The summed E-state index contributed by atoms with van der Waals surface area (Å²) in [6.45, 7) is 2.05. The van der Waals surface area contributed by atoms with E-state index < -0.39 is 5.82 Å². The Morgan fingerprint density at radius 1 is 1.03 bits per heavy atom. The van der Waals surface area contributed by atoms with Crippen LogP contribution >= 0.6 is 11.8 Å². The van der Waals surface area contributed by atoms with E-state index in [0.29, 0.717) is 11.3 Å². The van der Waals surface area contributed by atoms with Crippen LogP contribution in [0, 0.1) is 5.82 Å². The molecular weight excluding hydrogens is 399 g/mol. The Morgan fingerprint density at radius 3 is 2.53 bits per heavy atom. The molecule has 0 aliphatic carbocycles. The fourth-order valence-electron chi connectivity index (χ4n) is 3.65. The van der Waals surface area contributed by atoms with Crippen molar-refractivity contribution < 1.29 is 14.0 Å². The standard InChI is InChI=1S/C24H21FN2O2S/c1-16-14-18-6-2-4-8-21(18)27(16)23(28)15-30-22-9-5-3-7-20(22)26-24(29)17-10-12-19(25)13-11-17/h2-13,16H,14-15H2,1H3,(H,26,29). The molecule has 0 radical (unpaired) electrons. The number of nitrogens with zero attached hydrogens (tertiary/aromatic N) is 1. The lowest BCUT2D eigenvalue weighted by Gasteiger charge is -2.22. The van der Waals surface area contributed by atoms with Gasteiger partial charge in [0, 0.05) is 22.2 Å². The van der Waals surface area contributed by atoms with Crippen LogP contribution in [0.4, 0.5) is 15.8 Å². The first-order valence-electron chi connectivity index (χ1n) is 9.71. The third-order valence-corrected chi connectivity index (χ3v) is 6.13. The van der Waals surface area contributed by atoms with E-state index in [2.05, 4.69) is 18.3 Å².